The number of carbonyl (C=O) groups excluding carboxylic acids is 2. The number of hydrogen-bond acceptors (Lipinski definition) is 4. The molecule has 2 fully saturated rings. The van der Waals surface area contributed by atoms with E-state index >= 15 is 0 Å². The highest BCUT2D eigenvalue weighted by molar-refractivity contribution is 5.71. The van der Waals surface area contributed by atoms with E-state index in [1.165, 1.54) is 12.8 Å². The van der Waals surface area contributed by atoms with Crippen LogP contribution in [-0.4, -0.2) is 41.3 Å². The van der Waals surface area contributed by atoms with Crippen LogP contribution in [0.3, 0.4) is 0 Å². The summed E-state index contributed by atoms with van der Waals surface area (Å²) in [6, 6.07) is 0.400. The molecule has 22 heavy (non-hydrogen) atoms. The van der Waals surface area contributed by atoms with Gasteiger partial charge in [-0.2, -0.15) is 0 Å². The first-order valence-electron chi connectivity index (χ1n) is 8.48. The fourth-order valence-electron chi connectivity index (χ4n) is 3.77. The zero-order valence-electron chi connectivity index (χ0n) is 14.3. The molecule has 126 valence electrons. The van der Waals surface area contributed by atoms with E-state index < -0.39 is 5.60 Å². The first-order valence-corrected chi connectivity index (χ1v) is 8.48. The normalized spacial score (nSPS) is 27.6. The topological polar surface area (TPSA) is 55.8 Å². The fraction of sp³-hybridized carbons (Fsp3) is 0.882. The van der Waals surface area contributed by atoms with Crippen molar-refractivity contribution < 1.29 is 19.1 Å². The molecule has 0 aromatic carbocycles. The highest BCUT2D eigenvalue weighted by atomic mass is 16.6. The zero-order chi connectivity index (χ0) is 16.3. The molecular weight excluding hydrogens is 282 g/mol. The summed E-state index contributed by atoms with van der Waals surface area (Å²) >= 11 is 0. The van der Waals surface area contributed by atoms with Gasteiger partial charge in [0.05, 0.1) is 6.61 Å². The van der Waals surface area contributed by atoms with Gasteiger partial charge in [-0.15, -0.1) is 0 Å². The maximum Gasteiger partial charge on any atom is 0.410 e. The summed E-state index contributed by atoms with van der Waals surface area (Å²) in [7, 11) is 0. The molecule has 0 radical (unpaired) electrons. The molecule has 5 heteroatoms. The number of rotatable bonds is 4. The molecule has 1 amide bonds. The van der Waals surface area contributed by atoms with E-state index in [0.29, 0.717) is 31.4 Å². The third kappa shape index (κ3) is 4.14. The number of nitrogens with zero attached hydrogens (tertiary/aromatic N) is 1. The predicted molar refractivity (Wildman–Crippen MR) is 83.5 cm³/mol. The first-order chi connectivity index (χ1) is 10.3. The average molecular weight is 311 g/mol. The third-order valence-corrected chi connectivity index (χ3v) is 4.54. The van der Waals surface area contributed by atoms with Gasteiger partial charge in [-0.05, 0) is 59.3 Å². The molecule has 0 N–H and O–H groups in total. The standard InChI is InChI=1S/C17H29NO4/c1-5-21-15(19)10-9-13-11-12-7-6-8-14(12)18(13)16(20)22-17(2,3)4/h12-14H,5-11H2,1-4H3/t12-,13+,14-/m0/s1. The quantitative estimate of drug-likeness (QED) is 0.746. The van der Waals surface area contributed by atoms with Crippen LogP contribution in [0.4, 0.5) is 4.79 Å². The summed E-state index contributed by atoms with van der Waals surface area (Å²) < 4.78 is 10.6. The Labute approximate surface area is 133 Å². The van der Waals surface area contributed by atoms with E-state index in [2.05, 4.69) is 0 Å². The van der Waals surface area contributed by atoms with Crippen molar-refractivity contribution in [2.24, 2.45) is 5.92 Å². The highest BCUT2D eigenvalue weighted by Crippen LogP contribution is 2.43. The Kier molecular flexibility index (Phi) is 5.35. The maximum absolute atomic E-state index is 12.6. The number of likely N-dealkylation sites (tertiary alicyclic amines) is 1. The van der Waals surface area contributed by atoms with Crippen molar-refractivity contribution in [3.8, 4) is 0 Å². The largest absolute Gasteiger partial charge is 0.466 e. The van der Waals surface area contributed by atoms with E-state index in [9.17, 15) is 9.59 Å². The van der Waals surface area contributed by atoms with Crippen molar-refractivity contribution in [1.82, 2.24) is 4.90 Å². The van der Waals surface area contributed by atoms with Gasteiger partial charge >= 0.3 is 12.1 Å². The van der Waals surface area contributed by atoms with Gasteiger partial charge < -0.3 is 14.4 Å². The van der Waals surface area contributed by atoms with E-state index in [4.69, 9.17) is 9.47 Å². The predicted octanol–water partition coefficient (Wildman–Crippen LogP) is 3.51. The number of hydrogen-bond donors (Lipinski definition) is 0. The van der Waals surface area contributed by atoms with Gasteiger partial charge in [0.1, 0.15) is 5.60 Å². The van der Waals surface area contributed by atoms with Crippen LogP contribution < -0.4 is 0 Å². The molecule has 0 bridgehead atoms. The van der Waals surface area contributed by atoms with Crippen molar-refractivity contribution >= 4 is 12.1 Å². The molecule has 5 nitrogen and oxygen atoms in total. The summed E-state index contributed by atoms with van der Waals surface area (Å²) in [5.74, 6) is 0.392. The van der Waals surface area contributed by atoms with Crippen molar-refractivity contribution in [3.63, 3.8) is 0 Å². The number of ether oxygens (including phenoxy) is 2. The minimum Gasteiger partial charge on any atom is -0.466 e. The van der Waals surface area contributed by atoms with Crippen LogP contribution in [0.2, 0.25) is 0 Å². The lowest BCUT2D eigenvalue weighted by Crippen LogP contribution is -2.44. The second-order valence-electron chi connectivity index (χ2n) is 7.38. The van der Waals surface area contributed by atoms with Crippen molar-refractivity contribution in [3.05, 3.63) is 0 Å². The Balaban J connectivity index is 2.00. The molecule has 0 unspecified atom stereocenters. The molecule has 1 aliphatic heterocycles. The van der Waals surface area contributed by atoms with Crippen LogP contribution in [0.25, 0.3) is 0 Å². The molecule has 3 atom stereocenters. The Bertz CT molecular complexity index is 415. The summed E-state index contributed by atoms with van der Waals surface area (Å²) in [6.45, 7) is 7.89. The summed E-state index contributed by atoms with van der Waals surface area (Å²) in [6.07, 6.45) is 5.22. The number of amides is 1. The Morgan fingerprint density at radius 1 is 1.23 bits per heavy atom. The molecule has 1 saturated heterocycles. The lowest BCUT2D eigenvalue weighted by atomic mass is 10.00. The van der Waals surface area contributed by atoms with Gasteiger partial charge in [-0.25, -0.2) is 4.79 Å². The number of fused-ring (bicyclic) bond motifs is 1. The summed E-state index contributed by atoms with van der Waals surface area (Å²) in [5.41, 5.74) is -0.487. The zero-order valence-corrected chi connectivity index (χ0v) is 14.3. The SMILES string of the molecule is CCOC(=O)CC[C@@H]1C[C@@H]2CCC[C@@H]2N1C(=O)OC(C)(C)C. The second-order valence-corrected chi connectivity index (χ2v) is 7.38. The van der Waals surface area contributed by atoms with Crippen molar-refractivity contribution in [2.75, 3.05) is 6.61 Å². The molecular formula is C17H29NO4. The molecule has 0 aromatic rings. The Morgan fingerprint density at radius 3 is 2.59 bits per heavy atom. The molecule has 0 spiro atoms. The molecule has 1 saturated carbocycles. The van der Waals surface area contributed by atoms with Crippen molar-refractivity contribution in [1.29, 1.82) is 0 Å². The van der Waals surface area contributed by atoms with Gasteiger partial charge in [0.2, 0.25) is 0 Å². The molecule has 2 aliphatic rings. The lowest BCUT2D eigenvalue weighted by molar-refractivity contribution is -0.143. The highest BCUT2D eigenvalue weighted by Gasteiger charge is 2.47. The van der Waals surface area contributed by atoms with Crippen molar-refractivity contribution in [2.45, 2.75) is 83.9 Å². The molecule has 0 aromatic heterocycles. The molecule has 1 aliphatic carbocycles. The Morgan fingerprint density at radius 2 is 1.95 bits per heavy atom. The summed E-state index contributed by atoms with van der Waals surface area (Å²) in [5, 5.41) is 0. The van der Waals surface area contributed by atoms with Crippen LogP contribution in [0.1, 0.15) is 66.2 Å². The van der Waals surface area contributed by atoms with E-state index in [0.717, 1.165) is 12.8 Å². The second kappa shape index (κ2) is 6.88. The molecule has 1 heterocycles. The van der Waals surface area contributed by atoms with Crippen LogP contribution in [0, 0.1) is 5.92 Å². The first kappa shape index (κ1) is 17.1. The van der Waals surface area contributed by atoms with E-state index in [-0.39, 0.29) is 18.1 Å². The third-order valence-electron chi connectivity index (χ3n) is 4.54. The van der Waals surface area contributed by atoms with Crippen LogP contribution in [0.15, 0.2) is 0 Å². The van der Waals surface area contributed by atoms with Gasteiger partial charge in [0.25, 0.3) is 0 Å². The number of carbonyl (C=O) groups is 2. The Hall–Kier alpha value is -1.26. The van der Waals surface area contributed by atoms with Crippen LogP contribution in [0.5, 0.6) is 0 Å². The van der Waals surface area contributed by atoms with E-state index in [1.807, 2.05) is 32.6 Å². The lowest BCUT2D eigenvalue weighted by Gasteiger charge is -2.32. The van der Waals surface area contributed by atoms with E-state index in [1.54, 1.807) is 0 Å². The van der Waals surface area contributed by atoms with Gasteiger partial charge in [0, 0.05) is 18.5 Å². The fourth-order valence-corrected chi connectivity index (χ4v) is 3.77. The summed E-state index contributed by atoms with van der Waals surface area (Å²) in [4.78, 5) is 26.1. The monoisotopic (exact) mass is 311 g/mol. The van der Waals surface area contributed by atoms with Crippen LogP contribution in [-0.2, 0) is 14.3 Å². The number of esters is 1. The average Bonchev–Trinajstić information content (AvgIpc) is 2.93. The van der Waals surface area contributed by atoms with Crippen LogP contribution >= 0.6 is 0 Å². The van der Waals surface area contributed by atoms with Gasteiger partial charge in [-0.1, -0.05) is 6.42 Å². The minimum absolute atomic E-state index is 0.106. The smallest absolute Gasteiger partial charge is 0.410 e. The maximum atomic E-state index is 12.6. The minimum atomic E-state index is -0.487. The molecule has 2 rings (SSSR count). The van der Waals surface area contributed by atoms with Gasteiger partial charge in [-0.3, -0.25) is 4.79 Å². The van der Waals surface area contributed by atoms with Gasteiger partial charge in [0.15, 0.2) is 0 Å².